The van der Waals surface area contributed by atoms with Crippen molar-refractivity contribution >= 4 is 17.1 Å². The van der Waals surface area contributed by atoms with Gasteiger partial charge in [0.1, 0.15) is 17.3 Å². The van der Waals surface area contributed by atoms with Crippen LogP contribution in [0.3, 0.4) is 0 Å². The molecule has 0 N–H and O–H groups in total. The highest BCUT2D eigenvalue weighted by Gasteiger charge is 2.45. The van der Waals surface area contributed by atoms with E-state index in [1.165, 1.54) is 45.5 Å². The van der Waals surface area contributed by atoms with Gasteiger partial charge in [0.15, 0.2) is 0 Å². The minimum atomic E-state index is -0.431. The third-order valence-electron chi connectivity index (χ3n) is 11.7. The van der Waals surface area contributed by atoms with Crippen molar-refractivity contribution in [2.24, 2.45) is 0 Å². The van der Waals surface area contributed by atoms with Crippen LogP contribution in [0.15, 0.2) is 194 Å². The van der Waals surface area contributed by atoms with Gasteiger partial charge >= 0.3 is 0 Å². The Morgan fingerprint density at radius 3 is 1.56 bits per heavy atom. The first-order valence-corrected chi connectivity index (χ1v) is 18.9. The molecular formula is C52H38FNO. The van der Waals surface area contributed by atoms with Gasteiger partial charge in [0, 0.05) is 27.9 Å². The Bertz CT molecular complexity index is 2650. The van der Waals surface area contributed by atoms with Crippen LogP contribution < -0.4 is 9.64 Å². The Morgan fingerprint density at radius 2 is 0.927 bits per heavy atom. The Morgan fingerprint density at radius 1 is 0.436 bits per heavy atom. The largest absolute Gasteiger partial charge is 0.457 e. The molecule has 2 nitrogen and oxygen atoms in total. The number of fused-ring (bicyclic) bond motifs is 5. The summed E-state index contributed by atoms with van der Waals surface area (Å²) >= 11 is 0. The summed E-state index contributed by atoms with van der Waals surface area (Å²) < 4.78 is 20.8. The van der Waals surface area contributed by atoms with E-state index >= 15 is 0 Å². The van der Waals surface area contributed by atoms with Crippen LogP contribution in [-0.2, 0) is 10.8 Å². The molecule has 264 valence electrons. The van der Waals surface area contributed by atoms with Gasteiger partial charge in [0.25, 0.3) is 0 Å². The van der Waals surface area contributed by atoms with Crippen LogP contribution in [-0.4, -0.2) is 0 Å². The number of rotatable bonds is 6. The summed E-state index contributed by atoms with van der Waals surface area (Å²) in [6.45, 7) is 4.49. The summed E-state index contributed by atoms with van der Waals surface area (Å²) in [5, 5.41) is 0. The highest BCUT2D eigenvalue weighted by Crippen LogP contribution is 2.56. The number of nitrogens with zero attached hydrogens (tertiary/aromatic N) is 1. The van der Waals surface area contributed by atoms with E-state index in [-0.39, 0.29) is 11.2 Å². The molecule has 8 aromatic carbocycles. The van der Waals surface area contributed by atoms with Crippen LogP contribution in [0.5, 0.6) is 11.5 Å². The maximum Gasteiger partial charge on any atom is 0.133 e. The van der Waals surface area contributed by atoms with Gasteiger partial charge in [-0.15, -0.1) is 0 Å². The summed E-state index contributed by atoms with van der Waals surface area (Å²) in [7, 11) is 0. The Kier molecular flexibility index (Phi) is 7.60. The summed E-state index contributed by atoms with van der Waals surface area (Å²) in [4.78, 5) is 2.21. The lowest BCUT2D eigenvalue weighted by Crippen LogP contribution is -2.28. The van der Waals surface area contributed by atoms with Crippen molar-refractivity contribution in [3.8, 4) is 33.8 Å². The van der Waals surface area contributed by atoms with Crippen LogP contribution in [0.1, 0.15) is 47.2 Å². The highest BCUT2D eigenvalue weighted by molar-refractivity contribution is 5.87. The molecule has 1 aliphatic carbocycles. The second-order valence-corrected chi connectivity index (χ2v) is 15.0. The smallest absolute Gasteiger partial charge is 0.133 e. The maximum atomic E-state index is 14.3. The predicted octanol–water partition coefficient (Wildman–Crippen LogP) is 13.8. The van der Waals surface area contributed by atoms with Gasteiger partial charge in [-0.2, -0.15) is 0 Å². The molecule has 8 aromatic rings. The molecule has 1 aliphatic heterocycles. The standard InChI is InChI=1S/C52H38FNO/c1-51(2)46-19-10-11-21-48(46)55-49-22-12-20-47(50(49)51)54(41-33-29-39(53)30-34-41)40-31-25-36(26-32-40)35-23-27-38(28-24-35)52(37-13-4-3-5-14-37)44-17-8-6-15-42(44)43-16-7-9-18-45(43)52/h3-34H,1-2H3. The van der Waals surface area contributed by atoms with Crippen LogP contribution in [0.4, 0.5) is 21.5 Å². The molecule has 0 spiro atoms. The normalized spacial score (nSPS) is 14.2. The first-order chi connectivity index (χ1) is 26.9. The molecule has 0 fully saturated rings. The fourth-order valence-electron chi connectivity index (χ4n) is 9.19. The Hall–Kier alpha value is -6.71. The first kappa shape index (κ1) is 32.9. The second-order valence-electron chi connectivity index (χ2n) is 15.0. The molecule has 0 saturated heterocycles. The first-order valence-electron chi connectivity index (χ1n) is 18.9. The van der Waals surface area contributed by atoms with Crippen molar-refractivity contribution in [2.75, 3.05) is 4.90 Å². The second kappa shape index (κ2) is 12.7. The number of benzene rings is 8. The van der Waals surface area contributed by atoms with E-state index in [2.05, 4.69) is 164 Å². The lowest BCUT2D eigenvalue weighted by Gasteiger charge is -2.39. The molecule has 10 rings (SSSR count). The van der Waals surface area contributed by atoms with E-state index in [1.54, 1.807) is 0 Å². The van der Waals surface area contributed by atoms with Crippen LogP contribution in [0, 0.1) is 5.82 Å². The van der Waals surface area contributed by atoms with E-state index < -0.39 is 5.41 Å². The van der Waals surface area contributed by atoms with Crippen molar-refractivity contribution in [3.63, 3.8) is 0 Å². The maximum absolute atomic E-state index is 14.3. The molecule has 0 bridgehead atoms. The summed E-state index contributed by atoms with van der Waals surface area (Å²) in [5.41, 5.74) is 14.2. The predicted molar refractivity (Wildman–Crippen MR) is 222 cm³/mol. The monoisotopic (exact) mass is 711 g/mol. The molecular weight excluding hydrogens is 674 g/mol. The van der Waals surface area contributed by atoms with E-state index in [9.17, 15) is 4.39 Å². The summed E-state index contributed by atoms with van der Waals surface area (Å²) in [6.07, 6.45) is 0. The number of hydrogen-bond acceptors (Lipinski definition) is 2. The molecule has 0 amide bonds. The van der Waals surface area contributed by atoms with Gasteiger partial charge < -0.3 is 9.64 Å². The van der Waals surface area contributed by atoms with Gasteiger partial charge in [0.05, 0.1) is 11.1 Å². The van der Waals surface area contributed by atoms with Crippen LogP contribution in [0.25, 0.3) is 22.3 Å². The van der Waals surface area contributed by atoms with Gasteiger partial charge in [-0.25, -0.2) is 4.39 Å². The van der Waals surface area contributed by atoms with Crippen molar-refractivity contribution < 1.29 is 9.13 Å². The summed E-state index contributed by atoms with van der Waals surface area (Å²) in [6, 6.07) is 67.5. The molecule has 0 atom stereocenters. The Labute approximate surface area is 321 Å². The SMILES string of the molecule is CC1(C)c2ccccc2Oc2cccc(N(c3ccc(F)cc3)c3ccc(-c4ccc(C5(c6ccccc6)c6ccccc6-c6ccccc65)cc4)cc3)c21. The van der Waals surface area contributed by atoms with Crippen LogP contribution >= 0.6 is 0 Å². The average Bonchev–Trinajstić information content (AvgIpc) is 3.53. The molecule has 0 radical (unpaired) electrons. The van der Waals surface area contributed by atoms with Crippen molar-refractivity contribution in [3.05, 3.63) is 233 Å². The van der Waals surface area contributed by atoms with Crippen LogP contribution in [0.2, 0.25) is 0 Å². The van der Waals surface area contributed by atoms with Gasteiger partial charge in [0.2, 0.25) is 0 Å². The topological polar surface area (TPSA) is 12.5 Å². The average molecular weight is 712 g/mol. The molecule has 0 saturated carbocycles. The molecule has 2 aliphatic rings. The number of halogens is 1. The fourth-order valence-corrected chi connectivity index (χ4v) is 9.19. The van der Waals surface area contributed by atoms with E-state index in [4.69, 9.17) is 4.74 Å². The summed E-state index contributed by atoms with van der Waals surface area (Å²) in [5.74, 6) is 1.43. The molecule has 1 heterocycles. The van der Waals surface area contributed by atoms with Gasteiger partial charge in [-0.3, -0.25) is 0 Å². The lowest BCUT2D eigenvalue weighted by molar-refractivity contribution is 0.418. The van der Waals surface area contributed by atoms with Crippen molar-refractivity contribution in [1.82, 2.24) is 0 Å². The molecule has 0 aromatic heterocycles. The third kappa shape index (κ3) is 5.07. The molecule has 0 unspecified atom stereocenters. The third-order valence-corrected chi connectivity index (χ3v) is 11.7. The molecule has 3 heteroatoms. The van der Waals surface area contributed by atoms with Crippen molar-refractivity contribution in [1.29, 1.82) is 0 Å². The van der Waals surface area contributed by atoms with E-state index in [0.29, 0.717) is 0 Å². The highest BCUT2D eigenvalue weighted by atomic mass is 19.1. The zero-order valence-electron chi connectivity index (χ0n) is 30.7. The molecule has 55 heavy (non-hydrogen) atoms. The lowest BCUT2D eigenvalue weighted by atomic mass is 9.67. The fraction of sp³-hybridized carbons (Fsp3) is 0.0769. The zero-order valence-corrected chi connectivity index (χ0v) is 30.7. The minimum absolute atomic E-state index is 0.270. The number of ether oxygens (including phenoxy) is 1. The number of anilines is 3. The van der Waals surface area contributed by atoms with E-state index in [0.717, 1.165) is 50.8 Å². The van der Waals surface area contributed by atoms with Gasteiger partial charge in [-0.05, 0) is 99.1 Å². The van der Waals surface area contributed by atoms with E-state index in [1.807, 2.05) is 36.4 Å². The minimum Gasteiger partial charge on any atom is -0.457 e. The number of hydrogen-bond donors (Lipinski definition) is 0. The zero-order chi connectivity index (χ0) is 37.1. The number of para-hydroxylation sites is 1. The quantitative estimate of drug-likeness (QED) is 0.170. The van der Waals surface area contributed by atoms with Crippen molar-refractivity contribution in [2.45, 2.75) is 24.7 Å². The Balaban J connectivity index is 1.06. The van der Waals surface area contributed by atoms with Gasteiger partial charge in [-0.1, -0.05) is 153 Å².